The second-order valence-electron chi connectivity index (χ2n) is 5.32. The Kier molecular flexibility index (Phi) is 5.46. The van der Waals surface area contributed by atoms with Crippen molar-refractivity contribution in [1.82, 2.24) is 4.90 Å². The third-order valence-corrected chi connectivity index (χ3v) is 3.99. The summed E-state index contributed by atoms with van der Waals surface area (Å²) in [6, 6.07) is 3.96. The van der Waals surface area contributed by atoms with Gasteiger partial charge < -0.3 is 10.2 Å². The van der Waals surface area contributed by atoms with E-state index in [9.17, 15) is 19.0 Å². The molecular weight excluding hydrogens is 264 g/mol. The Hall–Kier alpha value is -1.04. The van der Waals surface area contributed by atoms with Crippen LogP contribution in [0, 0.1) is 11.6 Å². The quantitative estimate of drug-likeness (QED) is 0.872. The zero-order valence-corrected chi connectivity index (χ0v) is 11.4. The molecule has 1 fully saturated rings. The van der Waals surface area contributed by atoms with Gasteiger partial charge in [0.15, 0.2) is 11.6 Å². The molecule has 0 bridgehead atoms. The van der Waals surface area contributed by atoms with Gasteiger partial charge in [-0.25, -0.2) is 8.78 Å². The maximum absolute atomic E-state index is 13.6. The maximum Gasteiger partial charge on any atom is 0.164 e. The first-order valence-electron chi connectivity index (χ1n) is 7.10. The lowest BCUT2D eigenvalue weighted by atomic mass is 10.0. The van der Waals surface area contributed by atoms with E-state index in [2.05, 4.69) is 4.90 Å². The van der Waals surface area contributed by atoms with E-state index in [-0.39, 0.29) is 18.2 Å². The van der Waals surface area contributed by atoms with Crippen molar-refractivity contribution in [1.29, 1.82) is 0 Å². The predicted molar refractivity (Wildman–Crippen MR) is 72.2 cm³/mol. The number of halogens is 2. The van der Waals surface area contributed by atoms with Gasteiger partial charge in [0.2, 0.25) is 0 Å². The molecule has 1 aromatic rings. The van der Waals surface area contributed by atoms with E-state index >= 15 is 0 Å². The Balaban J connectivity index is 1.94. The molecule has 1 aliphatic heterocycles. The normalized spacial score (nSPS) is 21.9. The third kappa shape index (κ3) is 3.53. The van der Waals surface area contributed by atoms with Gasteiger partial charge in [-0.3, -0.25) is 4.90 Å². The minimum absolute atomic E-state index is 0.00237. The number of aliphatic hydroxyl groups excluding tert-OH is 2. The Morgan fingerprint density at radius 1 is 1.30 bits per heavy atom. The number of rotatable bonds is 5. The standard InChI is InChI=1S/C15H21F2NO2/c16-13-6-3-5-12(15(13)17)14(20)7-9-18-8-2-1-4-11(18)10-19/h3,5-6,11,14,19-20H,1-2,4,7-10H2. The highest BCUT2D eigenvalue weighted by Gasteiger charge is 2.23. The molecule has 0 radical (unpaired) electrons. The van der Waals surface area contributed by atoms with Crippen molar-refractivity contribution in [3.8, 4) is 0 Å². The molecule has 2 atom stereocenters. The van der Waals surface area contributed by atoms with E-state index in [1.807, 2.05) is 0 Å². The number of hydrogen-bond donors (Lipinski definition) is 2. The summed E-state index contributed by atoms with van der Waals surface area (Å²) in [6.07, 6.45) is 2.42. The van der Waals surface area contributed by atoms with Gasteiger partial charge in [0, 0.05) is 18.2 Å². The zero-order chi connectivity index (χ0) is 14.5. The highest BCUT2D eigenvalue weighted by molar-refractivity contribution is 5.21. The summed E-state index contributed by atoms with van der Waals surface area (Å²) in [4.78, 5) is 2.12. The smallest absolute Gasteiger partial charge is 0.164 e. The number of benzene rings is 1. The van der Waals surface area contributed by atoms with Gasteiger partial charge in [-0.05, 0) is 31.9 Å². The van der Waals surface area contributed by atoms with Crippen molar-refractivity contribution in [2.24, 2.45) is 0 Å². The summed E-state index contributed by atoms with van der Waals surface area (Å²) in [5.41, 5.74) is 0.00237. The lowest BCUT2D eigenvalue weighted by Gasteiger charge is -2.35. The van der Waals surface area contributed by atoms with Gasteiger partial charge >= 0.3 is 0 Å². The van der Waals surface area contributed by atoms with Crippen LogP contribution in [0.5, 0.6) is 0 Å². The summed E-state index contributed by atoms with van der Waals surface area (Å²) in [5.74, 6) is -1.91. The van der Waals surface area contributed by atoms with E-state index in [0.29, 0.717) is 13.0 Å². The van der Waals surface area contributed by atoms with Crippen LogP contribution in [0.25, 0.3) is 0 Å². The van der Waals surface area contributed by atoms with Crippen LogP contribution in [0.4, 0.5) is 8.78 Å². The van der Waals surface area contributed by atoms with Crippen LogP contribution in [0.15, 0.2) is 18.2 Å². The molecule has 2 N–H and O–H groups in total. The van der Waals surface area contributed by atoms with Gasteiger partial charge in [-0.15, -0.1) is 0 Å². The molecule has 0 amide bonds. The average Bonchev–Trinajstić information content (AvgIpc) is 2.48. The predicted octanol–water partition coefficient (Wildman–Crippen LogP) is 2.24. The minimum Gasteiger partial charge on any atom is -0.395 e. The minimum atomic E-state index is -1.02. The monoisotopic (exact) mass is 285 g/mol. The van der Waals surface area contributed by atoms with Crippen molar-refractivity contribution in [2.75, 3.05) is 19.7 Å². The number of hydrogen-bond acceptors (Lipinski definition) is 3. The second kappa shape index (κ2) is 7.11. The zero-order valence-electron chi connectivity index (χ0n) is 11.4. The van der Waals surface area contributed by atoms with Crippen molar-refractivity contribution < 1.29 is 19.0 Å². The van der Waals surface area contributed by atoms with Crippen molar-refractivity contribution in [3.05, 3.63) is 35.4 Å². The van der Waals surface area contributed by atoms with Crippen LogP contribution in [0.3, 0.4) is 0 Å². The Labute approximate surface area is 117 Å². The van der Waals surface area contributed by atoms with Crippen LogP contribution >= 0.6 is 0 Å². The van der Waals surface area contributed by atoms with Crippen molar-refractivity contribution in [3.63, 3.8) is 0 Å². The van der Waals surface area contributed by atoms with Crippen LogP contribution in [0.1, 0.15) is 37.4 Å². The van der Waals surface area contributed by atoms with E-state index < -0.39 is 17.7 Å². The summed E-state index contributed by atoms with van der Waals surface area (Å²) < 4.78 is 26.7. The Morgan fingerprint density at radius 2 is 2.10 bits per heavy atom. The molecular formula is C15H21F2NO2. The van der Waals surface area contributed by atoms with E-state index in [1.54, 1.807) is 0 Å². The highest BCUT2D eigenvalue weighted by atomic mass is 19.2. The lowest BCUT2D eigenvalue weighted by molar-refractivity contribution is 0.0688. The Morgan fingerprint density at radius 3 is 2.85 bits per heavy atom. The molecule has 2 rings (SSSR count). The second-order valence-corrected chi connectivity index (χ2v) is 5.32. The molecule has 1 aliphatic rings. The fraction of sp³-hybridized carbons (Fsp3) is 0.600. The number of likely N-dealkylation sites (tertiary alicyclic amines) is 1. The van der Waals surface area contributed by atoms with Gasteiger partial charge in [0.25, 0.3) is 0 Å². The fourth-order valence-corrected chi connectivity index (χ4v) is 2.78. The van der Waals surface area contributed by atoms with Crippen LogP contribution < -0.4 is 0 Å². The molecule has 0 saturated carbocycles. The molecule has 20 heavy (non-hydrogen) atoms. The van der Waals surface area contributed by atoms with Gasteiger partial charge in [-0.1, -0.05) is 18.6 Å². The number of nitrogens with zero attached hydrogens (tertiary/aromatic N) is 1. The van der Waals surface area contributed by atoms with Gasteiger partial charge in [0.1, 0.15) is 0 Å². The first kappa shape index (κ1) is 15.4. The average molecular weight is 285 g/mol. The summed E-state index contributed by atoms with van der Waals surface area (Å²) >= 11 is 0. The molecule has 2 unspecified atom stereocenters. The molecule has 0 aliphatic carbocycles. The molecule has 5 heteroatoms. The van der Waals surface area contributed by atoms with Crippen molar-refractivity contribution in [2.45, 2.75) is 37.8 Å². The largest absolute Gasteiger partial charge is 0.395 e. The fourth-order valence-electron chi connectivity index (χ4n) is 2.78. The number of aliphatic hydroxyl groups is 2. The first-order valence-corrected chi connectivity index (χ1v) is 7.10. The molecule has 1 saturated heterocycles. The van der Waals surface area contributed by atoms with E-state index in [1.165, 1.54) is 12.1 Å². The van der Waals surface area contributed by atoms with Gasteiger partial charge in [0.05, 0.1) is 12.7 Å². The molecule has 3 nitrogen and oxygen atoms in total. The number of piperidine rings is 1. The molecule has 1 heterocycles. The molecule has 0 spiro atoms. The first-order chi connectivity index (χ1) is 9.63. The topological polar surface area (TPSA) is 43.7 Å². The lowest BCUT2D eigenvalue weighted by Crippen LogP contribution is -2.42. The van der Waals surface area contributed by atoms with Gasteiger partial charge in [-0.2, -0.15) is 0 Å². The van der Waals surface area contributed by atoms with Crippen molar-refractivity contribution >= 4 is 0 Å². The molecule has 112 valence electrons. The van der Waals surface area contributed by atoms with Crippen LogP contribution in [-0.2, 0) is 0 Å². The summed E-state index contributed by atoms with van der Waals surface area (Å²) in [7, 11) is 0. The van der Waals surface area contributed by atoms with Crippen LogP contribution in [0.2, 0.25) is 0 Å². The SMILES string of the molecule is OCC1CCCCN1CCC(O)c1cccc(F)c1F. The highest BCUT2D eigenvalue weighted by Crippen LogP contribution is 2.24. The summed E-state index contributed by atoms with van der Waals surface area (Å²) in [5, 5.41) is 19.3. The molecule has 0 aromatic heterocycles. The van der Waals surface area contributed by atoms with E-state index in [0.717, 1.165) is 31.9 Å². The maximum atomic E-state index is 13.6. The Bertz CT molecular complexity index is 442. The summed E-state index contributed by atoms with van der Waals surface area (Å²) in [6.45, 7) is 1.55. The third-order valence-electron chi connectivity index (χ3n) is 3.99. The molecule has 1 aromatic carbocycles. The van der Waals surface area contributed by atoms with E-state index in [4.69, 9.17) is 0 Å². The van der Waals surface area contributed by atoms with Crippen LogP contribution in [-0.4, -0.2) is 40.9 Å².